The second-order valence-corrected chi connectivity index (χ2v) is 7.46. The lowest BCUT2D eigenvalue weighted by Gasteiger charge is -2.16. The number of thioether (sulfide) groups is 1. The first-order valence-corrected chi connectivity index (χ1v) is 9.72. The zero-order valence-corrected chi connectivity index (χ0v) is 15.7. The normalized spacial score (nSPS) is 15.0. The zero-order valence-electron chi connectivity index (χ0n) is 14.9. The maximum atomic E-state index is 12.2. The van der Waals surface area contributed by atoms with Crippen molar-refractivity contribution >= 4 is 17.7 Å². The average Bonchev–Trinajstić information content (AvgIpc) is 3.38. The number of nitrogens with one attached hydrogen (secondary N) is 2. The number of nitrogens with zero attached hydrogens (tertiary/aromatic N) is 2. The highest BCUT2D eigenvalue weighted by atomic mass is 32.2. The van der Waals surface area contributed by atoms with Gasteiger partial charge in [-0.05, 0) is 24.8 Å². The number of aromatic nitrogens is 3. The third-order valence-corrected chi connectivity index (χ3v) is 5.63. The van der Waals surface area contributed by atoms with E-state index in [0.717, 1.165) is 19.3 Å². The maximum absolute atomic E-state index is 12.2. The third-order valence-electron chi connectivity index (χ3n) is 4.65. The van der Waals surface area contributed by atoms with Gasteiger partial charge in [-0.15, -0.1) is 5.10 Å². The number of aromatic amines is 1. The summed E-state index contributed by atoms with van der Waals surface area (Å²) in [5.74, 6) is 0.190. The standard InChI is InChI=1S/C18H24N4O3S/c1-25-11-5-10-22-16(24)20-21-17(22)26-12-15(23)19-13-18(8-9-18)14-6-3-2-4-7-14/h2-4,6-7H,5,8-13H2,1H3,(H,19,23)(H,20,24). The van der Waals surface area contributed by atoms with Crippen LogP contribution in [0.4, 0.5) is 0 Å². The van der Waals surface area contributed by atoms with Crippen molar-refractivity contribution in [1.82, 2.24) is 20.1 Å². The van der Waals surface area contributed by atoms with E-state index in [-0.39, 0.29) is 22.8 Å². The Balaban J connectivity index is 1.48. The van der Waals surface area contributed by atoms with Gasteiger partial charge in [0.2, 0.25) is 5.91 Å². The summed E-state index contributed by atoms with van der Waals surface area (Å²) in [5, 5.41) is 10.0. The Morgan fingerprint density at radius 1 is 1.38 bits per heavy atom. The van der Waals surface area contributed by atoms with Crippen LogP contribution in [0.1, 0.15) is 24.8 Å². The highest BCUT2D eigenvalue weighted by molar-refractivity contribution is 7.99. The molecule has 0 spiro atoms. The molecule has 1 aromatic heterocycles. The van der Waals surface area contributed by atoms with Crippen LogP contribution in [0.2, 0.25) is 0 Å². The van der Waals surface area contributed by atoms with Gasteiger partial charge in [-0.2, -0.15) is 0 Å². The minimum absolute atomic E-state index is 0.0453. The zero-order chi connectivity index (χ0) is 18.4. The number of rotatable bonds is 10. The molecule has 0 saturated heterocycles. The van der Waals surface area contributed by atoms with Crippen molar-refractivity contribution in [3.05, 3.63) is 46.4 Å². The summed E-state index contributed by atoms with van der Waals surface area (Å²) in [7, 11) is 1.63. The second kappa shape index (κ2) is 8.55. The predicted molar refractivity (Wildman–Crippen MR) is 100 cm³/mol. The number of hydrogen-bond acceptors (Lipinski definition) is 5. The van der Waals surface area contributed by atoms with Crippen molar-refractivity contribution in [3.8, 4) is 0 Å². The molecule has 0 unspecified atom stereocenters. The van der Waals surface area contributed by atoms with Crippen LogP contribution in [0.15, 0.2) is 40.3 Å². The summed E-state index contributed by atoms with van der Waals surface area (Å²) in [5.41, 5.74) is 1.12. The van der Waals surface area contributed by atoms with Crippen molar-refractivity contribution in [2.24, 2.45) is 0 Å². The molecule has 1 aromatic carbocycles. The van der Waals surface area contributed by atoms with E-state index in [4.69, 9.17) is 4.74 Å². The lowest BCUT2D eigenvalue weighted by Crippen LogP contribution is -2.33. The first-order chi connectivity index (χ1) is 12.6. The van der Waals surface area contributed by atoms with E-state index in [1.807, 2.05) is 18.2 Å². The minimum Gasteiger partial charge on any atom is -0.385 e. The first-order valence-electron chi connectivity index (χ1n) is 8.74. The lowest BCUT2D eigenvalue weighted by molar-refractivity contribution is -0.118. The van der Waals surface area contributed by atoms with Gasteiger partial charge in [-0.3, -0.25) is 9.36 Å². The molecule has 8 heteroatoms. The Hall–Kier alpha value is -2.06. The summed E-state index contributed by atoms with van der Waals surface area (Å²) in [6.45, 7) is 1.74. The number of ether oxygens (including phenoxy) is 1. The van der Waals surface area contributed by atoms with E-state index in [0.29, 0.717) is 24.9 Å². The molecule has 0 radical (unpaired) electrons. The summed E-state index contributed by atoms with van der Waals surface area (Å²) in [6, 6.07) is 10.3. The lowest BCUT2D eigenvalue weighted by atomic mass is 9.96. The summed E-state index contributed by atoms with van der Waals surface area (Å²) < 4.78 is 6.55. The Labute approximate surface area is 156 Å². The van der Waals surface area contributed by atoms with Gasteiger partial charge in [-0.25, -0.2) is 9.89 Å². The highest BCUT2D eigenvalue weighted by Gasteiger charge is 2.44. The Bertz CT molecular complexity index is 783. The molecule has 2 aromatic rings. The van der Waals surface area contributed by atoms with Crippen molar-refractivity contribution in [1.29, 1.82) is 0 Å². The molecule has 1 saturated carbocycles. The van der Waals surface area contributed by atoms with Gasteiger partial charge in [0.15, 0.2) is 5.16 Å². The largest absolute Gasteiger partial charge is 0.385 e. The van der Waals surface area contributed by atoms with Crippen LogP contribution in [0.3, 0.4) is 0 Å². The van der Waals surface area contributed by atoms with Crippen molar-refractivity contribution < 1.29 is 9.53 Å². The molecule has 26 heavy (non-hydrogen) atoms. The smallest absolute Gasteiger partial charge is 0.343 e. The summed E-state index contributed by atoms with van der Waals surface area (Å²) >= 11 is 1.27. The topological polar surface area (TPSA) is 89.0 Å². The SMILES string of the molecule is COCCCn1c(SCC(=O)NCC2(c3ccccc3)CC2)n[nH]c1=O. The van der Waals surface area contributed by atoms with Crippen LogP contribution in [-0.4, -0.2) is 46.7 Å². The number of benzene rings is 1. The van der Waals surface area contributed by atoms with E-state index in [9.17, 15) is 9.59 Å². The van der Waals surface area contributed by atoms with Crippen LogP contribution >= 0.6 is 11.8 Å². The fourth-order valence-electron chi connectivity index (χ4n) is 2.94. The Kier molecular flexibility index (Phi) is 6.16. The first kappa shape index (κ1) is 18.7. The molecule has 0 bridgehead atoms. The summed E-state index contributed by atoms with van der Waals surface area (Å²) in [4.78, 5) is 24.0. The van der Waals surface area contributed by atoms with Gasteiger partial charge < -0.3 is 10.1 Å². The maximum Gasteiger partial charge on any atom is 0.343 e. The molecule has 0 aliphatic heterocycles. The van der Waals surface area contributed by atoms with E-state index in [1.165, 1.54) is 17.3 Å². The van der Waals surface area contributed by atoms with Gasteiger partial charge >= 0.3 is 5.69 Å². The fourth-order valence-corrected chi connectivity index (χ4v) is 3.74. The number of methoxy groups -OCH3 is 1. The molecule has 1 fully saturated rings. The van der Waals surface area contributed by atoms with Crippen molar-refractivity contribution in [2.45, 2.75) is 36.4 Å². The number of carbonyl (C=O) groups is 1. The third kappa shape index (κ3) is 4.56. The van der Waals surface area contributed by atoms with Crippen molar-refractivity contribution in [2.75, 3.05) is 26.0 Å². The molecular formula is C18H24N4O3S. The fraction of sp³-hybridized carbons (Fsp3) is 0.500. The van der Waals surface area contributed by atoms with Gasteiger partial charge in [-0.1, -0.05) is 42.1 Å². The Morgan fingerprint density at radius 3 is 2.85 bits per heavy atom. The summed E-state index contributed by atoms with van der Waals surface area (Å²) in [6.07, 6.45) is 2.92. The molecule has 1 aliphatic carbocycles. The molecule has 1 amide bonds. The molecule has 2 N–H and O–H groups in total. The van der Waals surface area contributed by atoms with Crippen LogP contribution in [0, 0.1) is 0 Å². The van der Waals surface area contributed by atoms with E-state index >= 15 is 0 Å². The molecule has 3 rings (SSSR count). The number of carbonyl (C=O) groups excluding carboxylic acids is 1. The van der Waals surface area contributed by atoms with Crippen LogP contribution in [0.25, 0.3) is 0 Å². The minimum atomic E-state index is -0.259. The van der Waals surface area contributed by atoms with Crippen molar-refractivity contribution in [3.63, 3.8) is 0 Å². The average molecular weight is 376 g/mol. The molecule has 0 atom stereocenters. The monoisotopic (exact) mass is 376 g/mol. The number of amides is 1. The van der Waals surface area contributed by atoms with Gasteiger partial charge in [0.25, 0.3) is 0 Å². The van der Waals surface area contributed by atoms with Crippen LogP contribution in [0.5, 0.6) is 0 Å². The van der Waals surface area contributed by atoms with Gasteiger partial charge in [0, 0.05) is 32.2 Å². The quantitative estimate of drug-likeness (QED) is 0.485. The van der Waals surface area contributed by atoms with Gasteiger partial charge in [0.1, 0.15) is 0 Å². The second-order valence-electron chi connectivity index (χ2n) is 6.52. The predicted octanol–water partition coefficient (Wildman–Crippen LogP) is 1.55. The van der Waals surface area contributed by atoms with Gasteiger partial charge in [0.05, 0.1) is 5.75 Å². The Morgan fingerprint density at radius 2 is 2.15 bits per heavy atom. The van der Waals surface area contributed by atoms with Crippen LogP contribution < -0.4 is 11.0 Å². The number of hydrogen-bond donors (Lipinski definition) is 2. The van der Waals surface area contributed by atoms with Crippen LogP contribution in [-0.2, 0) is 21.5 Å². The molecule has 1 aliphatic rings. The number of H-pyrrole nitrogens is 1. The highest BCUT2D eigenvalue weighted by Crippen LogP contribution is 2.47. The van der Waals surface area contributed by atoms with E-state index in [2.05, 4.69) is 27.6 Å². The molecule has 140 valence electrons. The molecule has 1 heterocycles. The molecular weight excluding hydrogens is 352 g/mol. The molecule has 7 nitrogen and oxygen atoms in total. The van der Waals surface area contributed by atoms with E-state index < -0.39 is 0 Å². The van der Waals surface area contributed by atoms with E-state index in [1.54, 1.807) is 11.7 Å².